The highest BCUT2D eigenvalue weighted by atomic mass is 35.5. The van der Waals surface area contributed by atoms with E-state index in [-0.39, 0.29) is 22.4 Å². The predicted octanol–water partition coefficient (Wildman–Crippen LogP) is 3.65. The van der Waals surface area contributed by atoms with Gasteiger partial charge in [-0.2, -0.15) is 0 Å². The van der Waals surface area contributed by atoms with Crippen LogP contribution in [0, 0.1) is 6.92 Å². The molecule has 1 aromatic heterocycles. The van der Waals surface area contributed by atoms with Gasteiger partial charge in [0.2, 0.25) is 0 Å². The zero-order valence-corrected chi connectivity index (χ0v) is 11.5. The molecular weight excluding hydrogens is 287 g/mol. The summed E-state index contributed by atoms with van der Waals surface area (Å²) in [5, 5.41) is 12.7. The first-order chi connectivity index (χ1) is 8.97. The van der Waals surface area contributed by atoms with Crippen molar-refractivity contribution in [3.8, 4) is 5.75 Å². The minimum absolute atomic E-state index is 0.0775. The highest BCUT2D eigenvalue weighted by molar-refractivity contribution is 6.36. The van der Waals surface area contributed by atoms with Crippen molar-refractivity contribution in [2.75, 3.05) is 5.32 Å². The molecule has 0 unspecified atom stereocenters. The molecule has 0 bridgehead atoms. The Balaban J connectivity index is 2.29. The molecule has 0 spiro atoms. The average molecular weight is 297 g/mol. The van der Waals surface area contributed by atoms with E-state index in [2.05, 4.69) is 10.3 Å². The third kappa shape index (κ3) is 3.16. The van der Waals surface area contributed by atoms with Crippen LogP contribution in [-0.4, -0.2) is 16.0 Å². The number of phenols is 1. The highest BCUT2D eigenvalue weighted by Crippen LogP contribution is 2.35. The summed E-state index contributed by atoms with van der Waals surface area (Å²) in [7, 11) is 0. The van der Waals surface area contributed by atoms with Crippen LogP contribution in [0.15, 0.2) is 30.5 Å². The summed E-state index contributed by atoms with van der Waals surface area (Å²) in [6.45, 7) is 1.78. The SMILES string of the molecule is Cc1cc(C(=O)Nc2cc(Cl)cc(Cl)c2O)ccn1. The second kappa shape index (κ2) is 5.47. The average Bonchev–Trinajstić information content (AvgIpc) is 2.35. The molecule has 0 aliphatic rings. The lowest BCUT2D eigenvalue weighted by molar-refractivity contribution is 0.102. The molecule has 2 N–H and O–H groups in total. The summed E-state index contributed by atoms with van der Waals surface area (Å²) in [4.78, 5) is 16.0. The number of halogens is 2. The molecule has 0 atom stereocenters. The molecule has 0 aliphatic carbocycles. The molecule has 0 fully saturated rings. The van der Waals surface area contributed by atoms with Gasteiger partial charge in [-0.3, -0.25) is 9.78 Å². The Bertz CT molecular complexity index is 645. The Morgan fingerprint density at radius 1 is 1.32 bits per heavy atom. The number of amides is 1. The molecule has 6 heteroatoms. The van der Waals surface area contributed by atoms with Crippen LogP contribution in [0.3, 0.4) is 0 Å². The van der Waals surface area contributed by atoms with Gasteiger partial charge in [-0.1, -0.05) is 23.2 Å². The molecule has 2 aromatic rings. The summed E-state index contributed by atoms with van der Waals surface area (Å²) in [5.41, 5.74) is 1.32. The lowest BCUT2D eigenvalue weighted by Crippen LogP contribution is -2.12. The number of nitrogens with one attached hydrogen (secondary N) is 1. The third-order valence-electron chi connectivity index (χ3n) is 2.44. The van der Waals surface area contributed by atoms with Gasteiger partial charge >= 0.3 is 0 Å². The number of benzene rings is 1. The Kier molecular flexibility index (Phi) is 3.93. The topological polar surface area (TPSA) is 62.2 Å². The van der Waals surface area contributed by atoms with E-state index in [0.717, 1.165) is 5.69 Å². The maximum atomic E-state index is 12.0. The van der Waals surface area contributed by atoms with E-state index in [4.69, 9.17) is 23.2 Å². The number of carbonyl (C=O) groups is 1. The lowest BCUT2D eigenvalue weighted by Gasteiger charge is -2.09. The Morgan fingerprint density at radius 2 is 2.05 bits per heavy atom. The summed E-state index contributed by atoms with van der Waals surface area (Å²) in [5.74, 6) is -0.593. The number of hydrogen-bond acceptors (Lipinski definition) is 3. The van der Waals surface area contributed by atoms with Crippen LogP contribution >= 0.6 is 23.2 Å². The van der Waals surface area contributed by atoms with E-state index in [1.807, 2.05) is 0 Å². The van der Waals surface area contributed by atoms with Gasteiger partial charge in [0, 0.05) is 22.5 Å². The molecule has 1 aromatic carbocycles. The van der Waals surface area contributed by atoms with Gasteiger partial charge < -0.3 is 10.4 Å². The lowest BCUT2D eigenvalue weighted by atomic mass is 10.2. The van der Waals surface area contributed by atoms with Gasteiger partial charge in [0.15, 0.2) is 5.75 Å². The van der Waals surface area contributed by atoms with Crippen LogP contribution in [-0.2, 0) is 0 Å². The van der Waals surface area contributed by atoms with Crippen LogP contribution in [0.2, 0.25) is 10.0 Å². The fourth-order valence-corrected chi connectivity index (χ4v) is 2.04. The number of carbonyl (C=O) groups excluding carboxylic acids is 1. The fraction of sp³-hybridized carbons (Fsp3) is 0.0769. The molecule has 98 valence electrons. The minimum atomic E-state index is -0.376. The fourth-order valence-electron chi connectivity index (χ4n) is 1.54. The second-order valence-corrected chi connectivity index (χ2v) is 4.77. The number of nitrogens with zero attached hydrogens (tertiary/aromatic N) is 1. The molecule has 0 saturated heterocycles. The van der Waals surface area contributed by atoms with Crippen LogP contribution in [0.5, 0.6) is 5.75 Å². The normalized spacial score (nSPS) is 10.3. The van der Waals surface area contributed by atoms with Crippen molar-refractivity contribution < 1.29 is 9.90 Å². The Labute approximate surface area is 120 Å². The molecule has 4 nitrogen and oxygen atoms in total. The Morgan fingerprint density at radius 3 is 2.74 bits per heavy atom. The van der Waals surface area contributed by atoms with Gasteiger partial charge in [-0.15, -0.1) is 0 Å². The van der Waals surface area contributed by atoms with Crippen LogP contribution in [0.25, 0.3) is 0 Å². The first-order valence-corrected chi connectivity index (χ1v) is 6.15. The molecule has 0 saturated carbocycles. The summed E-state index contributed by atoms with van der Waals surface area (Å²) >= 11 is 11.6. The number of aryl methyl sites for hydroxylation is 1. The van der Waals surface area contributed by atoms with E-state index < -0.39 is 0 Å². The summed E-state index contributed by atoms with van der Waals surface area (Å²) in [6, 6.07) is 6.03. The number of rotatable bonds is 2. The number of pyridine rings is 1. The molecule has 2 rings (SSSR count). The number of anilines is 1. The van der Waals surface area contributed by atoms with Crippen molar-refractivity contribution in [3.63, 3.8) is 0 Å². The first kappa shape index (κ1) is 13.6. The summed E-state index contributed by atoms with van der Waals surface area (Å²) in [6.07, 6.45) is 1.54. The van der Waals surface area contributed by atoms with Gasteiger partial charge in [0.05, 0.1) is 10.7 Å². The zero-order chi connectivity index (χ0) is 14.0. The van der Waals surface area contributed by atoms with Gasteiger partial charge in [0.1, 0.15) is 0 Å². The quantitative estimate of drug-likeness (QED) is 0.832. The standard InChI is InChI=1S/C13H10Cl2N2O2/c1-7-4-8(2-3-16-7)13(19)17-11-6-9(14)5-10(15)12(11)18/h2-6,18H,1H3,(H,17,19). The Hall–Kier alpha value is -1.78. The van der Waals surface area contributed by atoms with E-state index in [0.29, 0.717) is 10.6 Å². The van der Waals surface area contributed by atoms with Crippen molar-refractivity contribution in [3.05, 3.63) is 51.8 Å². The monoisotopic (exact) mass is 296 g/mol. The van der Waals surface area contributed by atoms with Crippen molar-refractivity contribution >= 4 is 34.8 Å². The minimum Gasteiger partial charge on any atom is -0.504 e. The molecular formula is C13H10Cl2N2O2. The number of aromatic nitrogens is 1. The van der Waals surface area contributed by atoms with Crippen molar-refractivity contribution in [2.24, 2.45) is 0 Å². The molecule has 1 amide bonds. The number of phenolic OH excluding ortho intramolecular Hbond substituents is 1. The van der Waals surface area contributed by atoms with Gasteiger partial charge in [0.25, 0.3) is 5.91 Å². The smallest absolute Gasteiger partial charge is 0.255 e. The van der Waals surface area contributed by atoms with Crippen LogP contribution < -0.4 is 5.32 Å². The number of aromatic hydroxyl groups is 1. The van der Waals surface area contributed by atoms with E-state index in [1.165, 1.54) is 18.3 Å². The van der Waals surface area contributed by atoms with Crippen LogP contribution in [0.1, 0.15) is 16.1 Å². The zero-order valence-electron chi connectivity index (χ0n) is 9.95. The third-order valence-corrected chi connectivity index (χ3v) is 2.94. The molecule has 19 heavy (non-hydrogen) atoms. The summed E-state index contributed by atoms with van der Waals surface area (Å²) < 4.78 is 0. The molecule has 0 aliphatic heterocycles. The maximum absolute atomic E-state index is 12.0. The van der Waals surface area contributed by atoms with E-state index in [1.54, 1.807) is 19.1 Å². The molecule has 0 radical (unpaired) electrons. The maximum Gasteiger partial charge on any atom is 0.255 e. The molecule has 1 heterocycles. The van der Waals surface area contributed by atoms with Gasteiger partial charge in [-0.05, 0) is 31.2 Å². The van der Waals surface area contributed by atoms with E-state index in [9.17, 15) is 9.90 Å². The van der Waals surface area contributed by atoms with Crippen molar-refractivity contribution in [1.29, 1.82) is 0 Å². The van der Waals surface area contributed by atoms with Crippen LogP contribution in [0.4, 0.5) is 5.69 Å². The van der Waals surface area contributed by atoms with Gasteiger partial charge in [-0.25, -0.2) is 0 Å². The predicted molar refractivity (Wildman–Crippen MR) is 75.1 cm³/mol. The highest BCUT2D eigenvalue weighted by Gasteiger charge is 2.12. The van der Waals surface area contributed by atoms with Crippen molar-refractivity contribution in [1.82, 2.24) is 4.98 Å². The number of hydrogen-bond donors (Lipinski definition) is 2. The van der Waals surface area contributed by atoms with Crippen molar-refractivity contribution in [2.45, 2.75) is 6.92 Å². The largest absolute Gasteiger partial charge is 0.504 e. The van der Waals surface area contributed by atoms with E-state index >= 15 is 0 Å². The first-order valence-electron chi connectivity index (χ1n) is 5.39. The second-order valence-electron chi connectivity index (χ2n) is 3.92.